The molecule has 1 fully saturated rings. The van der Waals surface area contributed by atoms with Crippen LogP contribution in [0.15, 0.2) is 47.5 Å². The van der Waals surface area contributed by atoms with Crippen molar-refractivity contribution in [3.63, 3.8) is 0 Å². The predicted octanol–water partition coefficient (Wildman–Crippen LogP) is 0.974. The largest absolute Gasteiger partial charge is 0.390 e. The van der Waals surface area contributed by atoms with E-state index in [0.717, 1.165) is 5.56 Å². The lowest BCUT2D eigenvalue weighted by molar-refractivity contribution is -0.00334. The van der Waals surface area contributed by atoms with Crippen molar-refractivity contribution in [2.75, 3.05) is 6.61 Å². The van der Waals surface area contributed by atoms with E-state index >= 15 is 0 Å². The molecule has 1 aliphatic carbocycles. The molecule has 3 aromatic rings. The summed E-state index contributed by atoms with van der Waals surface area (Å²) in [4.78, 5) is 21.4. The van der Waals surface area contributed by atoms with Crippen molar-refractivity contribution >= 4 is 32.0 Å². The molecule has 2 heterocycles. The fourth-order valence-electron chi connectivity index (χ4n) is 4.27. The average Bonchev–Trinajstić information content (AvgIpc) is 3.40. The predicted molar refractivity (Wildman–Crippen MR) is 127 cm³/mol. The highest BCUT2D eigenvalue weighted by Crippen LogP contribution is 2.35. The quantitative estimate of drug-likeness (QED) is 0.310. The van der Waals surface area contributed by atoms with Gasteiger partial charge in [0.05, 0.1) is 41.1 Å². The Morgan fingerprint density at radius 1 is 1.25 bits per heavy atom. The highest BCUT2D eigenvalue weighted by molar-refractivity contribution is 9.10. The number of benzene rings is 1. The summed E-state index contributed by atoms with van der Waals surface area (Å²) in [5.74, 6) is -1.97. The van der Waals surface area contributed by atoms with E-state index in [1.54, 1.807) is 29.1 Å². The molecule has 4 N–H and O–H groups in total. The van der Waals surface area contributed by atoms with E-state index in [-0.39, 0.29) is 36.5 Å². The van der Waals surface area contributed by atoms with Gasteiger partial charge in [-0.05, 0) is 58.5 Å². The summed E-state index contributed by atoms with van der Waals surface area (Å²) in [5, 5.41) is 30.0. The van der Waals surface area contributed by atoms with Gasteiger partial charge < -0.3 is 10.2 Å². The van der Waals surface area contributed by atoms with E-state index in [0.29, 0.717) is 16.7 Å². The number of aliphatic hydroxyl groups excluding tert-OH is 2. The molecule has 36 heavy (non-hydrogen) atoms. The van der Waals surface area contributed by atoms with E-state index < -0.39 is 40.1 Å². The van der Waals surface area contributed by atoms with Crippen LogP contribution >= 0.6 is 15.9 Å². The fourth-order valence-corrected chi connectivity index (χ4v) is 5.06. The Morgan fingerprint density at radius 2 is 2.00 bits per heavy atom. The van der Waals surface area contributed by atoms with E-state index in [1.807, 2.05) is 0 Å². The van der Waals surface area contributed by atoms with Crippen LogP contribution in [-0.4, -0.2) is 63.0 Å². The summed E-state index contributed by atoms with van der Waals surface area (Å²) in [6, 6.07) is 6.13. The minimum atomic E-state index is -4.19. The van der Waals surface area contributed by atoms with Crippen molar-refractivity contribution in [1.29, 1.82) is 0 Å². The first-order chi connectivity index (χ1) is 17.0. The third kappa shape index (κ3) is 6.19. The minimum Gasteiger partial charge on any atom is -0.390 e. The highest BCUT2D eigenvalue weighted by Gasteiger charge is 2.42. The van der Waals surface area contributed by atoms with Crippen LogP contribution in [-0.2, 0) is 27.5 Å². The van der Waals surface area contributed by atoms with Crippen molar-refractivity contribution in [3.05, 3.63) is 75.8 Å². The van der Waals surface area contributed by atoms with Crippen LogP contribution in [0.2, 0.25) is 0 Å². The zero-order valence-electron chi connectivity index (χ0n) is 18.7. The standard InChI is InChI=1S/C22H23BrFN5O6S/c23-16-5-12(1-2-17(16)24)9-29-4-3-18(28-29)22(32)15-8-26-11-27-19(15)7-13-6-14(21(31)20(13)30)10-35-36(25,33)34/h1-5,8,11,13-14,20-21,30-31H,6-7,9-10H2,(H2,25,33,34)/t13-,14+,20-,21+/m0/s1. The van der Waals surface area contributed by atoms with Crippen LogP contribution < -0.4 is 5.14 Å². The Morgan fingerprint density at radius 3 is 2.72 bits per heavy atom. The van der Waals surface area contributed by atoms with Gasteiger partial charge in [0, 0.05) is 18.3 Å². The summed E-state index contributed by atoms with van der Waals surface area (Å²) in [5.41, 5.74) is 1.48. The summed E-state index contributed by atoms with van der Waals surface area (Å²) < 4.78 is 42.1. The second kappa shape index (κ2) is 10.8. The molecular weight excluding hydrogens is 561 g/mol. The molecule has 1 saturated carbocycles. The summed E-state index contributed by atoms with van der Waals surface area (Å²) >= 11 is 3.15. The molecule has 4 atom stereocenters. The maximum absolute atomic E-state index is 13.5. The van der Waals surface area contributed by atoms with E-state index in [9.17, 15) is 27.8 Å². The van der Waals surface area contributed by atoms with Gasteiger partial charge in [-0.1, -0.05) is 6.07 Å². The van der Waals surface area contributed by atoms with Crippen LogP contribution in [0.5, 0.6) is 0 Å². The maximum atomic E-state index is 13.5. The summed E-state index contributed by atoms with van der Waals surface area (Å²) in [6.45, 7) is -0.0520. The smallest absolute Gasteiger partial charge is 0.333 e. The molecule has 0 unspecified atom stereocenters. The molecule has 1 aromatic carbocycles. The number of hydrogen-bond donors (Lipinski definition) is 3. The Hall–Kier alpha value is -2.62. The molecule has 11 nitrogen and oxygen atoms in total. The molecule has 14 heteroatoms. The lowest BCUT2D eigenvalue weighted by Crippen LogP contribution is -2.31. The molecule has 2 aromatic heterocycles. The minimum absolute atomic E-state index is 0.137. The van der Waals surface area contributed by atoms with Gasteiger partial charge in [-0.2, -0.15) is 13.5 Å². The van der Waals surface area contributed by atoms with Crippen molar-refractivity contribution in [1.82, 2.24) is 19.7 Å². The Labute approximate surface area is 214 Å². The first-order valence-corrected chi connectivity index (χ1v) is 13.1. The molecule has 0 aliphatic heterocycles. The zero-order chi connectivity index (χ0) is 26.0. The Balaban J connectivity index is 1.47. The Kier molecular flexibility index (Phi) is 7.92. The van der Waals surface area contributed by atoms with Crippen molar-refractivity contribution < 1.29 is 32.0 Å². The molecule has 0 amide bonds. The molecule has 4 rings (SSSR count). The third-order valence-electron chi connectivity index (χ3n) is 6.06. The van der Waals surface area contributed by atoms with Crippen LogP contribution in [0.4, 0.5) is 4.39 Å². The topological polar surface area (TPSA) is 171 Å². The van der Waals surface area contributed by atoms with Crippen LogP contribution in [0.1, 0.15) is 33.7 Å². The third-order valence-corrected chi connectivity index (χ3v) is 7.14. The van der Waals surface area contributed by atoms with Crippen LogP contribution in [0.3, 0.4) is 0 Å². The lowest BCUT2D eigenvalue weighted by Gasteiger charge is -2.17. The molecule has 0 spiro atoms. The van der Waals surface area contributed by atoms with Crippen LogP contribution in [0, 0.1) is 17.7 Å². The van der Waals surface area contributed by atoms with Crippen LogP contribution in [0.25, 0.3) is 0 Å². The zero-order valence-corrected chi connectivity index (χ0v) is 21.1. The van der Waals surface area contributed by atoms with Gasteiger partial charge in [0.25, 0.3) is 0 Å². The highest BCUT2D eigenvalue weighted by atomic mass is 79.9. The maximum Gasteiger partial charge on any atom is 0.333 e. The molecular formula is C22H23BrFN5O6S. The first-order valence-electron chi connectivity index (χ1n) is 10.9. The van der Waals surface area contributed by atoms with Gasteiger partial charge in [-0.25, -0.2) is 19.5 Å². The van der Waals surface area contributed by atoms with E-state index in [4.69, 9.17) is 5.14 Å². The molecule has 0 saturated heterocycles. The number of aliphatic hydroxyl groups is 2. The van der Waals surface area contributed by atoms with Gasteiger partial charge in [0.15, 0.2) is 0 Å². The number of nitrogens with two attached hydrogens (primary N) is 1. The molecule has 192 valence electrons. The molecule has 0 bridgehead atoms. The summed E-state index contributed by atoms with van der Waals surface area (Å²) in [6.07, 6.45) is 2.23. The monoisotopic (exact) mass is 583 g/mol. The fraction of sp³-hybridized carbons (Fsp3) is 0.364. The number of hydrogen-bond acceptors (Lipinski definition) is 9. The molecule has 0 radical (unpaired) electrons. The lowest BCUT2D eigenvalue weighted by atomic mass is 9.95. The van der Waals surface area contributed by atoms with Crippen molar-refractivity contribution in [3.8, 4) is 0 Å². The number of rotatable bonds is 9. The normalized spacial score (nSPS) is 22.1. The van der Waals surface area contributed by atoms with Gasteiger partial charge in [-0.3, -0.25) is 13.7 Å². The first kappa shape index (κ1) is 26.4. The summed E-state index contributed by atoms with van der Waals surface area (Å²) in [7, 11) is -4.19. The van der Waals surface area contributed by atoms with Crippen molar-refractivity contribution in [2.45, 2.75) is 31.6 Å². The SMILES string of the molecule is NS(=O)(=O)OC[C@H]1C[C@@H](Cc2ncncc2C(=O)c2ccn(Cc3ccc(F)c(Br)c3)n2)[C@H](O)[C@@H]1O. The second-order valence-electron chi connectivity index (χ2n) is 8.58. The van der Waals surface area contributed by atoms with Crippen molar-refractivity contribution in [2.24, 2.45) is 17.0 Å². The average molecular weight is 584 g/mol. The van der Waals surface area contributed by atoms with Gasteiger partial charge in [0.2, 0.25) is 5.78 Å². The second-order valence-corrected chi connectivity index (χ2v) is 10.7. The van der Waals surface area contributed by atoms with E-state index in [2.05, 4.69) is 35.2 Å². The van der Waals surface area contributed by atoms with Gasteiger partial charge in [0.1, 0.15) is 17.8 Å². The number of carbonyl (C=O) groups excluding carboxylic acids is 1. The van der Waals surface area contributed by atoms with Gasteiger partial charge in [-0.15, -0.1) is 0 Å². The number of ketones is 1. The number of carbonyl (C=O) groups is 1. The Bertz CT molecular complexity index is 1370. The molecule has 1 aliphatic rings. The van der Waals surface area contributed by atoms with Gasteiger partial charge >= 0.3 is 10.3 Å². The number of halogens is 2. The number of nitrogens with zero attached hydrogens (tertiary/aromatic N) is 4. The van der Waals surface area contributed by atoms with E-state index in [1.165, 1.54) is 18.6 Å². The number of aromatic nitrogens is 4.